The lowest BCUT2D eigenvalue weighted by Gasteiger charge is -2.18. The van der Waals surface area contributed by atoms with Crippen LogP contribution in [0.15, 0.2) is 42.6 Å². The van der Waals surface area contributed by atoms with Crippen LogP contribution in [0.2, 0.25) is 0 Å². The van der Waals surface area contributed by atoms with E-state index in [-0.39, 0.29) is 5.69 Å². The molecule has 0 bridgehead atoms. The molecule has 172 valence electrons. The molecule has 1 amide bonds. The number of primary amides is 1. The van der Waals surface area contributed by atoms with Gasteiger partial charge in [-0.1, -0.05) is 12.1 Å². The van der Waals surface area contributed by atoms with E-state index in [1.165, 1.54) is 0 Å². The second-order valence-electron chi connectivity index (χ2n) is 9.29. The van der Waals surface area contributed by atoms with E-state index in [1.807, 2.05) is 52.0 Å². The van der Waals surface area contributed by atoms with E-state index in [2.05, 4.69) is 11.1 Å². The Labute approximate surface area is 198 Å². The molecule has 0 saturated heterocycles. The maximum Gasteiger partial charge on any atom is 0.267 e. The minimum atomic E-state index is -0.602. The number of rotatable bonds is 6. The van der Waals surface area contributed by atoms with E-state index >= 15 is 0 Å². The van der Waals surface area contributed by atoms with E-state index < -0.39 is 11.4 Å². The number of amides is 1. The van der Waals surface area contributed by atoms with Crippen LogP contribution in [0.1, 0.15) is 53.3 Å². The summed E-state index contributed by atoms with van der Waals surface area (Å²) < 4.78 is 1.68. The van der Waals surface area contributed by atoms with Crippen LogP contribution in [0.25, 0.3) is 28.0 Å². The van der Waals surface area contributed by atoms with Gasteiger partial charge in [-0.15, -0.1) is 0 Å². The zero-order valence-electron chi connectivity index (χ0n) is 19.8. The van der Waals surface area contributed by atoms with Crippen LogP contribution < -0.4 is 11.5 Å². The van der Waals surface area contributed by atoms with Gasteiger partial charge < -0.3 is 11.5 Å². The summed E-state index contributed by atoms with van der Waals surface area (Å²) in [5, 5.41) is 14.2. The van der Waals surface area contributed by atoms with Crippen LogP contribution >= 0.6 is 0 Å². The highest BCUT2D eigenvalue weighted by Crippen LogP contribution is 2.36. The zero-order chi connectivity index (χ0) is 24.6. The second-order valence-corrected chi connectivity index (χ2v) is 9.29. The molecular formula is C26H27N7O. The number of nitrogens with two attached hydrogens (primary N) is 2. The first-order chi connectivity index (χ1) is 16.1. The predicted octanol–water partition coefficient (Wildman–Crippen LogP) is 3.72. The molecule has 0 atom stereocenters. The summed E-state index contributed by atoms with van der Waals surface area (Å²) in [6, 6.07) is 13.4. The maximum atomic E-state index is 12.4. The highest BCUT2D eigenvalue weighted by atomic mass is 16.1. The Morgan fingerprint density at radius 1 is 1.12 bits per heavy atom. The number of carbonyl (C=O) groups excluding carboxylic acids is 1. The summed E-state index contributed by atoms with van der Waals surface area (Å²) in [6.45, 7) is 7.72. The number of hydrogen-bond donors (Lipinski definition) is 2. The van der Waals surface area contributed by atoms with Crippen molar-refractivity contribution in [3.8, 4) is 28.5 Å². The molecule has 3 aromatic heterocycles. The van der Waals surface area contributed by atoms with E-state index in [0.717, 1.165) is 28.1 Å². The van der Waals surface area contributed by atoms with Gasteiger partial charge in [0.25, 0.3) is 5.91 Å². The fraction of sp³-hybridized carbons (Fsp3) is 0.269. The molecule has 4 N–H and O–H groups in total. The Balaban J connectivity index is 2.03. The molecule has 0 radical (unpaired) electrons. The largest absolute Gasteiger partial charge is 0.364 e. The molecule has 0 fully saturated rings. The molecule has 8 heteroatoms. The van der Waals surface area contributed by atoms with Gasteiger partial charge in [-0.2, -0.15) is 10.4 Å². The SMILES string of the molecule is Cc1cc(-c2c(-c3cccc(C#N)c3)nn3cc(CCC(C)(C)N)c(C(N)=O)nc23)cc(C)n1. The first kappa shape index (κ1) is 23.1. The molecule has 4 rings (SSSR count). The summed E-state index contributed by atoms with van der Waals surface area (Å²) in [7, 11) is 0. The summed E-state index contributed by atoms with van der Waals surface area (Å²) in [5.41, 5.74) is 18.2. The summed E-state index contributed by atoms with van der Waals surface area (Å²) in [6.07, 6.45) is 2.98. The third kappa shape index (κ3) is 4.65. The molecule has 0 spiro atoms. The van der Waals surface area contributed by atoms with Gasteiger partial charge in [0.05, 0.1) is 17.2 Å². The molecule has 8 nitrogen and oxygen atoms in total. The van der Waals surface area contributed by atoms with Crippen LogP contribution in [0, 0.1) is 25.2 Å². The predicted molar refractivity (Wildman–Crippen MR) is 131 cm³/mol. The van der Waals surface area contributed by atoms with E-state index in [1.54, 1.807) is 22.8 Å². The van der Waals surface area contributed by atoms with E-state index in [0.29, 0.717) is 35.3 Å². The van der Waals surface area contributed by atoms with Crippen molar-refractivity contribution < 1.29 is 4.79 Å². The highest BCUT2D eigenvalue weighted by Gasteiger charge is 2.23. The lowest BCUT2D eigenvalue weighted by Crippen LogP contribution is -2.32. The number of hydrogen-bond acceptors (Lipinski definition) is 6. The van der Waals surface area contributed by atoms with E-state index in [4.69, 9.17) is 21.5 Å². The molecule has 3 heterocycles. The number of aryl methyl sites for hydroxylation is 3. The van der Waals surface area contributed by atoms with Crippen molar-refractivity contribution in [1.29, 1.82) is 5.26 Å². The number of carbonyl (C=O) groups is 1. The molecule has 34 heavy (non-hydrogen) atoms. The first-order valence-corrected chi connectivity index (χ1v) is 11.0. The Hall–Kier alpha value is -4.09. The summed E-state index contributed by atoms with van der Waals surface area (Å²) >= 11 is 0. The molecule has 4 aromatic rings. The van der Waals surface area contributed by atoms with Crippen molar-refractivity contribution in [3.05, 3.63) is 70.8 Å². The first-order valence-electron chi connectivity index (χ1n) is 11.0. The van der Waals surface area contributed by atoms with Crippen molar-refractivity contribution >= 4 is 11.6 Å². The number of aromatic nitrogens is 4. The lowest BCUT2D eigenvalue weighted by atomic mass is 9.96. The highest BCUT2D eigenvalue weighted by molar-refractivity contribution is 5.95. The monoisotopic (exact) mass is 453 g/mol. The minimum Gasteiger partial charge on any atom is -0.364 e. The lowest BCUT2D eigenvalue weighted by molar-refractivity contribution is 0.0994. The smallest absolute Gasteiger partial charge is 0.267 e. The number of nitriles is 1. The number of fused-ring (bicyclic) bond motifs is 1. The molecule has 0 aliphatic heterocycles. The van der Waals surface area contributed by atoms with E-state index in [9.17, 15) is 10.1 Å². The van der Waals surface area contributed by atoms with Gasteiger partial charge in [-0.25, -0.2) is 9.50 Å². The van der Waals surface area contributed by atoms with Gasteiger partial charge in [0.15, 0.2) is 5.65 Å². The minimum absolute atomic E-state index is 0.206. The molecule has 0 aliphatic carbocycles. The number of nitrogens with zero attached hydrogens (tertiary/aromatic N) is 5. The van der Waals surface area contributed by atoms with Gasteiger partial charge in [-0.3, -0.25) is 9.78 Å². The normalized spacial score (nSPS) is 11.5. The Kier molecular flexibility index (Phi) is 5.90. The topological polar surface area (TPSA) is 136 Å². The molecule has 1 aromatic carbocycles. The third-order valence-electron chi connectivity index (χ3n) is 5.59. The average Bonchev–Trinajstić information content (AvgIpc) is 3.14. The van der Waals surface area contributed by atoms with Crippen LogP contribution in [0.3, 0.4) is 0 Å². The van der Waals surface area contributed by atoms with Crippen molar-refractivity contribution in [2.75, 3.05) is 0 Å². The van der Waals surface area contributed by atoms with Gasteiger partial charge in [0.1, 0.15) is 11.4 Å². The van der Waals surface area contributed by atoms with Crippen LogP contribution in [0.4, 0.5) is 0 Å². The average molecular weight is 454 g/mol. The standard InChI is InChI=1S/C26H27N7O/c1-15-10-20(11-16(2)30-15)21-22(18-7-5-6-17(12-18)13-27)32-33-14-19(8-9-26(3,4)29)23(24(28)34)31-25(21)33/h5-7,10-12,14H,8-9,29H2,1-4H3,(H2,28,34). The van der Waals surface area contributed by atoms with Crippen LogP contribution in [-0.2, 0) is 6.42 Å². The van der Waals surface area contributed by atoms with Crippen LogP contribution in [0.5, 0.6) is 0 Å². The van der Waals surface area contributed by atoms with Crippen molar-refractivity contribution in [3.63, 3.8) is 0 Å². The van der Waals surface area contributed by atoms with Gasteiger partial charge in [0.2, 0.25) is 0 Å². The van der Waals surface area contributed by atoms with Gasteiger partial charge in [-0.05, 0) is 70.4 Å². The van der Waals surface area contributed by atoms with Crippen LogP contribution in [-0.4, -0.2) is 31.0 Å². The zero-order valence-corrected chi connectivity index (χ0v) is 19.8. The fourth-order valence-electron chi connectivity index (χ4n) is 4.05. The second kappa shape index (κ2) is 8.69. The Morgan fingerprint density at radius 2 is 1.82 bits per heavy atom. The maximum absolute atomic E-state index is 12.4. The third-order valence-corrected chi connectivity index (χ3v) is 5.59. The van der Waals surface area contributed by atoms with Crippen molar-refractivity contribution in [2.24, 2.45) is 11.5 Å². The molecular weight excluding hydrogens is 426 g/mol. The Bertz CT molecular complexity index is 1430. The molecule has 0 saturated carbocycles. The number of benzene rings is 1. The van der Waals surface area contributed by atoms with Gasteiger partial charge >= 0.3 is 0 Å². The summed E-state index contributed by atoms with van der Waals surface area (Å²) in [5.74, 6) is -0.602. The quantitative estimate of drug-likeness (QED) is 0.457. The van der Waals surface area contributed by atoms with Crippen molar-refractivity contribution in [1.82, 2.24) is 19.6 Å². The summed E-state index contributed by atoms with van der Waals surface area (Å²) in [4.78, 5) is 21.5. The fourth-order valence-corrected chi connectivity index (χ4v) is 4.05. The van der Waals surface area contributed by atoms with Crippen molar-refractivity contribution in [2.45, 2.75) is 46.1 Å². The molecule has 0 aliphatic rings. The molecule has 0 unspecified atom stereocenters. The Morgan fingerprint density at radius 3 is 2.44 bits per heavy atom. The van der Waals surface area contributed by atoms with Gasteiger partial charge in [0, 0.05) is 34.3 Å². The number of pyridine rings is 1.